The van der Waals surface area contributed by atoms with Crippen molar-refractivity contribution < 1.29 is 4.74 Å². The van der Waals surface area contributed by atoms with Crippen molar-refractivity contribution in [1.82, 2.24) is 9.97 Å². The summed E-state index contributed by atoms with van der Waals surface area (Å²) in [5.74, 6) is 9.27. The van der Waals surface area contributed by atoms with Gasteiger partial charge < -0.3 is 0 Å². The summed E-state index contributed by atoms with van der Waals surface area (Å²) in [7, 11) is -4.95. The Morgan fingerprint density at radius 2 is 1.13 bits per heavy atom. The molecule has 0 radical (unpaired) electrons. The Labute approximate surface area is 371 Å². The molecule has 0 fully saturated rings. The fourth-order valence-corrected chi connectivity index (χ4v) is 14.8. The fraction of sp³-hybridized carbons (Fsp3) is 0.296. The molecular weight excluding hydrogens is 849 g/mol. The molecule has 0 amide bonds. The summed E-state index contributed by atoms with van der Waals surface area (Å²) in [5, 5.41) is 6.54. The predicted octanol–water partition coefficient (Wildman–Crippen LogP) is 13.5. The maximum absolute atomic E-state index is 7.19. The van der Waals surface area contributed by atoms with Gasteiger partial charge in [-0.2, -0.15) is 0 Å². The van der Waals surface area contributed by atoms with Crippen LogP contribution in [-0.2, 0) is 5.41 Å². The molecule has 0 spiro atoms. The summed E-state index contributed by atoms with van der Waals surface area (Å²) in [4.78, 5) is 10.7. The summed E-state index contributed by atoms with van der Waals surface area (Å²) in [6, 6.07) is 41.8. The van der Waals surface area contributed by atoms with Gasteiger partial charge in [-0.3, -0.25) is 4.98 Å². The molecule has 1 aliphatic rings. The van der Waals surface area contributed by atoms with Crippen molar-refractivity contribution in [2.75, 3.05) is 0 Å². The molecule has 3 heterocycles. The van der Waals surface area contributed by atoms with E-state index in [-0.39, 0.29) is 5.41 Å². The Balaban J connectivity index is 1.37. The van der Waals surface area contributed by atoms with E-state index in [0.29, 0.717) is 0 Å². The first-order valence-corrected chi connectivity index (χ1v) is 39.9. The van der Waals surface area contributed by atoms with Crippen LogP contribution >= 0.6 is 0 Å². The molecule has 7 heteroatoms. The number of hydrogen-bond donors (Lipinski definition) is 0. The third-order valence-corrected chi connectivity index (χ3v) is 22.8. The van der Waals surface area contributed by atoms with Crippen molar-refractivity contribution >= 4 is 68.2 Å². The van der Waals surface area contributed by atoms with Crippen molar-refractivity contribution in [3.05, 3.63) is 121 Å². The number of benzene rings is 5. The van der Waals surface area contributed by atoms with Gasteiger partial charge in [-0.05, 0) is 34.7 Å². The van der Waals surface area contributed by atoms with Crippen molar-refractivity contribution in [1.29, 1.82) is 0 Å². The Morgan fingerprint density at radius 1 is 0.525 bits per heavy atom. The van der Waals surface area contributed by atoms with Gasteiger partial charge in [0.05, 0.1) is 21.8 Å². The van der Waals surface area contributed by atoms with Crippen LogP contribution in [0, 0.1) is 0 Å². The van der Waals surface area contributed by atoms with Crippen molar-refractivity contribution in [3.63, 3.8) is 0 Å². The molecule has 3 nitrogen and oxygen atoms in total. The molecule has 8 rings (SSSR count). The average molecular weight is 914 g/mol. The van der Waals surface area contributed by atoms with Crippen LogP contribution in [0.25, 0.3) is 66.8 Å². The molecule has 2 aromatic heterocycles. The maximum atomic E-state index is 7.19. The number of rotatable bonds is 8. The molecular formula is C54H64GeN2OSi3. The van der Waals surface area contributed by atoms with Crippen LogP contribution in [-0.4, -0.2) is 47.5 Å². The van der Waals surface area contributed by atoms with Gasteiger partial charge in [-0.15, -0.1) is 0 Å². The van der Waals surface area contributed by atoms with E-state index in [1.165, 1.54) is 47.8 Å². The molecule has 7 aromatic rings. The van der Waals surface area contributed by atoms with Gasteiger partial charge in [-0.25, -0.2) is 0 Å². The summed E-state index contributed by atoms with van der Waals surface area (Å²) >= 11 is -1.99. The van der Waals surface area contributed by atoms with Crippen molar-refractivity contribution in [2.24, 2.45) is 0 Å². The van der Waals surface area contributed by atoms with E-state index >= 15 is 0 Å². The number of hydrogen-bond acceptors (Lipinski definition) is 3. The van der Waals surface area contributed by atoms with Gasteiger partial charge in [0.25, 0.3) is 0 Å². The zero-order chi connectivity index (χ0) is 44.0. The van der Waals surface area contributed by atoms with E-state index in [4.69, 9.17) is 14.7 Å². The van der Waals surface area contributed by atoms with E-state index in [0.717, 1.165) is 56.0 Å². The molecule has 1 aliphatic heterocycles. The molecule has 312 valence electrons. The minimum absolute atomic E-state index is 0.0948. The van der Waals surface area contributed by atoms with Crippen molar-refractivity contribution in [2.45, 2.75) is 102 Å². The summed E-state index contributed by atoms with van der Waals surface area (Å²) in [5.41, 5.74) is 12.2. The normalized spacial score (nSPS) is 13.3. The van der Waals surface area contributed by atoms with Gasteiger partial charge in [0.2, 0.25) is 0 Å². The molecule has 0 N–H and O–H groups in total. The monoisotopic (exact) mass is 914 g/mol. The van der Waals surface area contributed by atoms with Crippen LogP contribution in [0.3, 0.4) is 0 Å². The Kier molecular flexibility index (Phi) is 10.8. The molecule has 0 bridgehead atoms. The Morgan fingerprint density at radius 3 is 1.72 bits per heavy atom. The first-order valence-electron chi connectivity index (χ1n) is 22.0. The standard InChI is InChI=1S/C54H64GeN2OSi3/c1-54(2,3)42-28-39(47-30-37(24-25-56-47)35-18-22-44(23-19-35)59(7,8)9)27-40(29-42)48-31-41-26-38(36-16-20-43(21-17-36)55(4,5)6)32-49-51(41)52(57-48)46-33-45(60(10,11)12)34-50(53(46)58-49)61(13,14)15/h16-34H,1-15H3. The first kappa shape index (κ1) is 43.3. The number of pyridine rings is 2. The van der Waals surface area contributed by atoms with Crippen LogP contribution in [0.5, 0.6) is 11.5 Å². The van der Waals surface area contributed by atoms with Gasteiger partial charge in [0.1, 0.15) is 0 Å². The van der Waals surface area contributed by atoms with E-state index in [1.54, 1.807) is 0 Å². The number of ether oxygens (including phenoxy) is 1. The topological polar surface area (TPSA) is 35.0 Å². The number of fused-ring (bicyclic) bond motifs is 2. The van der Waals surface area contributed by atoms with Crippen LogP contribution < -0.4 is 24.7 Å². The molecule has 0 saturated heterocycles. The van der Waals surface area contributed by atoms with Crippen molar-refractivity contribution in [3.8, 4) is 67.5 Å². The zero-order valence-electron chi connectivity index (χ0n) is 39.3. The zero-order valence-corrected chi connectivity index (χ0v) is 44.4. The summed E-state index contributed by atoms with van der Waals surface area (Å²) in [6.07, 6.45) is 1.96. The van der Waals surface area contributed by atoms with Gasteiger partial charge in [-0.1, -0.05) is 89.5 Å². The first-order chi connectivity index (χ1) is 28.3. The van der Waals surface area contributed by atoms with Gasteiger partial charge in [0.15, 0.2) is 0 Å². The van der Waals surface area contributed by atoms with E-state index in [2.05, 4.69) is 206 Å². The van der Waals surface area contributed by atoms with E-state index in [1.807, 2.05) is 6.20 Å². The summed E-state index contributed by atoms with van der Waals surface area (Å²) in [6.45, 7) is 28.8. The van der Waals surface area contributed by atoms with E-state index < -0.39 is 37.5 Å². The molecule has 0 aliphatic carbocycles. The summed E-state index contributed by atoms with van der Waals surface area (Å²) < 4.78 is 8.70. The van der Waals surface area contributed by atoms with Crippen LogP contribution in [0.1, 0.15) is 26.3 Å². The quantitative estimate of drug-likeness (QED) is 0.143. The average Bonchev–Trinajstić information content (AvgIpc) is 3.18. The molecule has 0 atom stereocenters. The second-order valence-electron chi connectivity index (χ2n) is 22.6. The minimum atomic E-state index is -1.99. The SMILES string of the molecule is CC(C)(C)c1cc(-c2cc(-c3ccc([Si](C)(C)C)cc3)ccn2)cc(-c2cc3cc(-c4cc[c]([Ge]([CH3])([CH3])[CH3])cc4)cc4c3c(n2)-c2cc([Si](C)(C)C)cc([Si](C)(C)C)c2O4)c1. The number of aromatic nitrogens is 2. The molecule has 5 aromatic carbocycles. The second-order valence-corrected chi connectivity index (χ2v) is 48.4. The number of nitrogens with zero attached hydrogens (tertiary/aromatic N) is 2. The second kappa shape index (κ2) is 15.2. The molecule has 61 heavy (non-hydrogen) atoms. The third kappa shape index (κ3) is 8.71. The van der Waals surface area contributed by atoms with Gasteiger partial charge in [0, 0.05) is 6.20 Å². The van der Waals surface area contributed by atoms with Crippen LogP contribution in [0.15, 0.2) is 115 Å². The Hall–Kier alpha value is -4.35. The fourth-order valence-electron chi connectivity index (χ4n) is 8.41. The molecule has 0 unspecified atom stereocenters. The van der Waals surface area contributed by atoms with Crippen LogP contribution in [0.2, 0.25) is 76.2 Å². The predicted molar refractivity (Wildman–Crippen MR) is 277 cm³/mol. The third-order valence-electron chi connectivity index (χ3n) is 12.4. The Bertz CT molecular complexity index is 2830. The molecule has 0 saturated carbocycles. The van der Waals surface area contributed by atoms with E-state index in [9.17, 15) is 0 Å². The van der Waals surface area contributed by atoms with Gasteiger partial charge >= 0.3 is 217 Å². The van der Waals surface area contributed by atoms with Crippen LogP contribution in [0.4, 0.5) is 0 Å².